The molecule has 2 fully saturated rings. The monoisotopic (exact) mass is 348 g/mol. The number of hydrogen-bond acceptors (Lipinski definition) is 0. The van der Waals surface area contributed by atoms with Crippen LogP contribution in [0.25, 0.3) is 0 Å². The summed E-state index contributed by atoms with van der Waals surface area (Å²) in [5.74, 6) is 1.78. The lowest BCUT2D eigenvalue weighted by molar-refractivity contribution is 0.338. The van der Waals surface area contributed by atoms with Crippen LogP contribution >= 0.6 is 15.9 Å². The van der Waals surface area contributed by atoms with Gasteiger partial charge in [-0.25, -0.2) is 0 Å². The molecule has 2 aliphatic rings. The van der Waals surface area contributed by atoms with Gasteiger partial charge in [-0.15, -0.1) is 0 Å². The van der Waals surface area contributed by atoms with Crippen LogP contribution in [0.2, 0.25) is 0 Å². The van der Waals surface area contributed by atoms with Crippen molar-refractivity contribution in [3.63, 3.8) is 0 Å². The maximum atomic E-state index is 3.94. The van der Waals surface area contributed by atoms with Crippen LogP contribution in [0.4, 0.5) is 0 Å². The van der Waals surface area contributed by atoms with Gasteiger partial charge in [0.15, 0.2) is 0 Å². The lowest BCUT2D eigenvalue weighted by Gasteiger charge is -2.25. The molecule has 0 aromatic heterocycles. The van der Waals surface area contributed by atoms with Crippen molar-refractivity contribution in [3.8, 4) is 0 Å². The lowest BCUT2D eigenvalue weighted by Crippen LogP contribution is -2.09. The van der Waals surface area contributed by atoms with Gasteiger partial charge in [-0.3, -0.25) is 0 Å². The molecule has 1 atom stereocenters. The minimum absolute atomic E-state index is 0.556. The fraction of sp³-hybridized carbons (Fsp3) is 0.700. The van der Waals surface area contributed by atoms with E-state index in [2.05, 4.69) is 40.2 Å². The minimum Gasteiger partial charge on any atom is -0.0839 e. The van der Waals surface area contributed by atoms with Crippen molar-refractivity contribution >= 4 is 15.9 Å². The molecule has 0 radical (unpaired) electrons. The molecule has 3 rings (SSSR count). The molecule has 21 heavy (non-hydrogen) atoms. The zero-order valence-corrected chi connectivity index (χ0v) is 14.8. The first-order chi connectivity index (χ1) is 10.3. The average molecular weight is 349 g/mol. The van der Waals surface area contributed by atoms with E-state index in [0.717, 1.165) is 11.8 Å². The normalized spacial score (nSPS) is 23.1. The van der Waals surface area contributed by atoms with Crippen LogP contribution in [-0.2, 0) is 0 Å². The highest BCUT2D eigenvalue weighted by atomic mass is 79.9. The zero-order valence-electron chi connectivity index (χ0n) is 13.2. The van der Waals surface area contributed by atoms with E-state index >= 15 is 0 Å². The van der Waals surface area contributed by atoms with Gasteiger partial charge in [0, 0.05) is 4.83 Å². The van der Waals surface area contributed by atoms with Gasteiger partial charge in [0.2, 0.25) is 0 Å². The Morgan fingerprint density at radius 1 is 0.810 bits per heavy atom. The summed E-state index contributed by atoms with van der Waals surface area (Å²) in [6.45, 7) is 0. The van der Waals surface area contributed by atoms with E-state index in [4.69, 9.17) is 0 Å². The highest BCUT2D eigenvalue weighted by Crippen LogP contribution is 2.38. The van der Waals surface area contributed by atoms with Gasteiger partial charge in [-0.05, 0) is 42.2 Å². The van der Waals surface area contributed by atoms with E-state index in [1.54, 1.807) is 5.56 Å². The highest BCUT2D eigenvalue weighted by molar-refractivity contribution is 9.09. The second-order valence-electron chi connectivity index (χ2n) is 7.21. The molecule has 0 aliphatic heterocycles. The molecule has 0 N–H and O–H groups in total. The molecule has 2 aliphatic carbocycles. The van der Waals surface area contributed by atoms with E-state index in [0.29, 0.717) is 4.83 Å². The van der Waals surface area contributed by atoms with Crippen molar-refractivity contribution in [1.29, 1.82) is 0 Å². The second kappa shape index (κ2) is 7.81. The lowest BCUT2D eigenvalue weighted by atomic mass is 9.83. The summed E-state index contributed by atoms with van der Waals surface area (Å²) in [6.07, 6.45) is 15.7. The number of benzene rings is 1. The Bertz CT molecular complexity index is 410. The Kier molecular flexibility index (Phi) is 5.80. The molecule has 1 heteroatoms. The molecule has 116 valence electrons. The fourth-order valence-electron chi connectivity index (χ4n) is 4.26. The quantitative estimate of drug-likeness (QED) is 0.507. The predicted molar refractivity (Wildman–Crippen MR) is 95.1 cm³/mol. The molecule has 0 saturated heterocycles. The molecule has 1 aromatic carbocycles. The molecule has 1 unspecified atom stereocenters. The van der Waals surface area contributed by atoms with Gasteiger partial charge >= 0.3 is 0 Å². The maximum Gasteiger partial charge on any atom is 0.0397 e. The Morgan fingerprint density at radius 2 is 1.38 bits per heavy atom. The predicted octanol–water partition coefficient (Wildman–Crippen LogP) is 7.14. The van der Waals surface area contributed by atoms with E-state index in [-0.39, 0.29) is 0 Å². The average Bonchev–Trinajstić information content (AvgIpc) is 2.57. The van der Waals surface area contributed by atoms with Gasteiger partial charge in [0.05, 0.1) is 0 Å². The summed E-state index contributed by atoms with van der Waals surface area (Å²) < 4.78 is 0. The van der Waals surface area contributed by atoms with Gasteiger partial charge in [0.25, 0.3) is 0 Å². The van der Waals surface area contributed by atoms with Crippen LogP contribution in [0.3, 0.4) is 0 Å². The molecule has 1 aromatic rings. The SMILES string of the molecule is BrC(CC1CCCCC1)c1ccc(C2CCCCC2)cc1. The van der Waals surface area contributed by atoms with Crippen molar-refractivity contribution in [3.05, 3.63) is 35.4 Å². The van der Waals surface area contributed by atoms with Crippen molar-refractivity contribution in [2.75, 3.05) is 0 Å². The Labute approximate surface area is 138 Å². The molecule has 2 saturated carbocycles. The standard InChI is InChI=1S/C20H29Br/c21-20(15-16-7-3-1-4-8-16)19-13-11-18(12-14-19)17-9-5-2-6-10-17/h11-14,16-17,20H,1-10,15H2. The number of hydrogen-bond donors (Lipinski definition) is 0. The largest absolute Gasteiger partial charge is 0.0839 e. The summed E-state index contributed by atoms with van der Waals surface area (Å²) >= 11 is 3.94. The van der Waals surface area contributed by atoms with Crippen molar-refractivity contribution in [2.24, 2.45) is 5.92 Å². The summed E-state index contributed by atoms with van der Waals surface area (Å²) in [7, 11) is 0. The van der Waals surface area contributed by atoms with E-state index in [9.17, 15) is 0 Å². The number of halogens is 1. The third-order valence-electron chi connectivity index (χ3n) is 5.64. The highest BCUT2D eigenvalue weighted by Gasteiger charge is 2.19. The maximum absolute atomic E-state index is 3.94. The topological polar surface area (TPSA) is 0 Å². The van der Waals surface area contributed by atoms with E-state index < -0.39 is 0 Å². The molecule has 0 heterocycles. The summed E-state index contributed by atoms with van der Waals surface area (Å²) in [5, 5.41) is 0. The first-order valence-electron chi connectivity index (χ1n) is 9.07. The molecule has 0 bridgehead atoms. The van der Waals surface area contributed by atoms with Crippen LogP contribution < -0.4 is 0 Å². The molecule has 0 nitrogen and oxygen atoms in total. The number of alkyl halides is 1. The molecule has 0 amide bonds. The fourth-order valence-corrected chi connectivity index (χ4v) is 5.10. The summed E-state index contributed by atoms with van der Waals surface area (Å²) in [4.78, 5) is 0.556. The first kappa shape index (κ1) is 15.6. The Hall–Kier alpha value is -0.300. The van der Waals surface area contributed by atoms with E-state index in [1.165, 1.54) is 76.2 Å². The Balaban J connectivity index is 1.57. The molecular weight excluding hydrogens is 320 g/mol. The van der Waals surface area contributed by atoms with Crippen molar-refractivity contribution < 1.29 is 0 Å². The van der Waals surface area contributed by atoms with Crippen LogP contribution in [0.15, 0.2) is 24.3 Å². The third kappa shape index (κ3) is 4.34. The minimum atomic E-state index is 0.556. The van der Waals surface area contributed by atoms with Crippen LogP contribution in [-0.4, -0.2) is 0 Å². The summed E-state index contributed by atoms with van der Waals surface area (Å²) in [5.41, 5.74) is 3.07. The third-order valence-corrected chi connectivity index (χ3v) is 6.54. The smallest absolute Gasteiger partial charge is 0.0397 e. The van der Waals surface area contributed by atoms with E-state index in [1.807, 2.05) is 0 Å². The molecule has 0 spiro atoms. The van der Waals surface area contributed by atoms with Crippen LogP contribution in [0.1, 0.15) is 92.5 Å². The zero-order chi connectivity index (χ0) is 14.5. The van der Waals surface area contributed by atoms with Gasteiger partial charge in [-0.2, -0.15) is 0 Å². The first-order valence-corrected chi connectivity index (χ1v) is 9.98. The van der Waals surface area contributed by atoms with Gasteiger partial charge in [-0.1, -0.05) is 91.6 Å². The second-order valence-corrected chi connectivity index (χ2v) is 8.31. The van der Waals surface area contributed by atoms with Crippen molar-refractivity contribution in [1.82, 2.24) is 0 Å². The van der Waals surface area contributed by atoms with Gasteiger partial charge in [0.1, 0.15) is 0 Å². The summed E-state index contributed by atoms with van der Waals surface area (Å²) in [6, 6.07) is 9.57. The number of rotatable bonds is 4. The Morgan fingerprint density at radius 3 is 2.00 bits per heavy atom. The van der Waals surface area contributed by atoms with Crippen LogP contribution in [0.5, 0.6) is 0 Å². The molecular formula is C20H29Br. The van der Waals surface area contributed by atoms with Crippen molar-refractivity contribution in [2.45, 2.75) is 81.4 Å². The van der Waals surface area contributed by atoms with Gasteiger partial charge < -0.3 is 0 Å². The van der Waals surface area contributed by atoms with Crippen LogP contribution in [0, 0.1) is 5.92 Å².